The molecule has 0 radical (unpaired) electrons. The number of carboxylic acid groups (broad SMARTS) is 1. The largest absolute Gasteiger partial charge is 0.481 e. The molecule has 2 heterocycles. The Labute approximate surface area is 165 Å². The Kier molecular flexibility index (Phi) is 4.68. The predicted molar refractivity (Wildman–Crippen MR) is 104 cm³/mol. The third-order valence-corrected chi connectivity index (χ3v) is 6.98. The van der Waals surface area contributed by atoms with Crippen LogP contribution in [0.15, 0.2) is 30.3 Å². The standard InChI is InChI=1S/C22H28N2O4/c1-22(2)18(14-6-4-3-5-7-14)19(22)20(26)23-10-8-16(9-11-23)24-13-15(21(27)28)12-17(24)25/h3-7,15-16,18-19H,8-13H2,1-2H3,(H,27,28)/t15?,18-,19+/m1/s1. The van der Waals surface area contributed by atoms with Crippen LogP contribution in [0.25, 0.3) is 0 Å². The summed E-state index contributed by atoms with van der Waals surface area (Å²) >= 11 is 0. The van der Waals surface area contributed by atoms with Crippen LogP contribution in [0.3, 0.4) is 0 Å². The summed E-state index contributed by atoms with van der Waals surface area (Å²) in [6.45, 7) is 5.90. The molecule has 3 atom stereocenters. The molecule has 3 fully saturated rings. The second kappa shape index (κ2) is 6.90. The molecule has 2 amide bonds. The van der Waals surface area contributed by atoms with E-state index in [2.05, 4.69) is 26.0 Å². The number of carbonyl (C=O) groups excluding carboxylic acids is 2. The predicted octanol–water partition coefficient (Wildman–Crippen LogP) is 2.35. The van der Waals surface area contributed by atoms with Crippen LogP contribution in [0.2, 0.25) is 0 Å². The molecule has 3 aliphatic rings. The highest BCUT2D eigenvalue weighted by molar-refractivity contribution is 5.87. The number of hydrogen-bond acceptors (Lipinski definition) is 3. The molecule has 1 saturated carbocycles. The van der Waals surface area contributed by atoms with Gasteiger partial charge in [-0.05, 0) is 23.8 Å². The number of carbonyl (C=O) groups is 3. The van der Waals surface area contributed by atoms with E-state index in [1.165, 1.54) is 5.56 Å². The first kappa shape index (κ1) is 19.0. The molecule has 2 saturated heterocycles. The fourth-order valence-corrected chi connectivity index (χ4v) is 5.23. The third kappa shape index (κ3) is 3.19. The molecule has 6 nitrogen and oxygen atoms in total. The zero-order chi connectivity index (χ0) is 20.1. The Morgan fingerprint density at radius 2 is 1.75 bits per heavy atom. The molecule has 1 aromatic carbocycles. The minimum Gasteiger partial charge on any atom is -0.481 e. The fraction of sp³-hybridized carbons (Fsp3) is 0.591. The van der Waals surface area contributed by atoms with Crippen molar-refractivity contribution in [1.82, 2.24) is 9.80 Å². The van der Waals surface area contributed by atoms with Crippen LogP contribution >= 0.6 is 0 Å². The first-order chi connectivity index (χ1) is 13.3. The van der Waals surface area contributed by atoms with E-state index in [1.54, 1.807) is 4.90 Å². The number of rotatable bonds is 4. The van der Waals surface area contributed by atoms with E-state index in [-0.39, 0.29) is 41.5 Å². The average Bonchev–Trinajstić information content (AvgIpc) is 3.04. The van der Waals surface area contributed by atoms with Crippen molar-refractivity contribution in [1.29, 1.82) is 0 Å². The molecule has 1 N–H and O–H groups in total. The number of aliphatic carboxylic acids is 1. The quantitative estimate of drug-likeness (QED) is 0.864. The first-order valence-corrected chi connectivity index (χ1v) is 10.2. The Morgan fingerprint density at radius 3 is 2.32 bits per heavy atom. The number of nitrogens with zero attached hydrogens (tertiary/aromatic N) is 2. The number of amides is 2. The van der Waals surface area contributed by atoms with Crippen molar-refractivity contribution < 1.29 is 19.5 Å². The summed E-state index contributed by atoms with van der Waals surface area (Å²) in [5.74, 6) is -1.07. The molecule has 28 heavy (non-hydrogen) atoms. The fourth-order valence-electron chi connectivity index (χ4n) is 5.23. The Morgan fingerprint density at radius 1 is 1.11 bits per heavy atom. The smallest absolute Gasteiger partial charge is 0.308 e. The molecular formula is C22H28N2O4. The van der Waals surface area contributed by atoms with Crippen LogP contribution in [0.4, 0.5) is 0 Å². The van der Waals surface area contributed by atoms with Gasteiger partial charge in [-0.1, -0.05) is 44.2 Å². The van der Waals surface area contributed by atoms with E-state index in [1.807, 2.05) is 23.1 Å². The maximum Gasteiger partial charge on any atom is 0.308 e. The topological polar surface area (TPSA) is 77.9 Å². The van der Waals surface area contributed by atoms with Gasteiger partial charge in [0.2, 0.25) is 11.8 Å². The van der Waals surface area contributed by atoms with Crippen LogP contribution in [-0.4, -0.2) is 58.4 Å². The Hall–Kier alpha value is -2.37. The van der Waals surface area contributed by atoms with E-state index >= 15 is 0 Å². The first-order valence-electron chi connectivity index (χ1n) is 10.2. The van der Waals surface area contributed by atoms with Crippen LogP contribution in [0.1, 0.15) is 44.6 Å². The summed E-state index contributed by atoms with van der Waals surface area (Å²) in [7, 11) is 0. The minimum atomic E-state index is -0.897. The van der Waals surface area contributed by atoms with Gasteiger partial charge >= 0.3 is 5.97 Å². The molecule has 1 aromatic rings. The highest BCUT2D eigenvalue weighted by atomic mass is 16.4. The van der Waals surface area contributed by atoms with E-state index in [0.717, 1.165) is 12.8 Å². The lowest BCUT2D eigenvalue weighted by Gasteiger charge is -2.37. The Bertz CT molecular complexity index is 783. The van der Waals surface area contributed by atoms with Gasteiger partial charge in [0.05, 0.1) is 11.8 Å². The van der Waals surface area contributed by atoms with Crippen LogP contribution in [0.5, 0.6) is 0 Å². The average molecular weight is 384 g/mol. The van der Waals surface area contributed by atoms with Crippen molar-refractivity contribution in [3.63, 3.8) is 0 Å². The Balaban J connectivity index is 1.36. The zero-order valence-electron chi connectivity index (χ0n) is 16.5. The number of hydrogen-bond donors (Lipinski definition) is 1. The number of likely N-dealkylation sites (tertiary alicyclic amines) is 2. The van der Waals surface area contributed by atoms with Crippen LogP contribution in [0, 0.1) is 17.3 Å². The van der Waals surface area contributed by atoms with Gasteiger partial charge in [0.15, 0.2) is 0 Å². The van der Waals surface area contributed by atoms with Crippen molar-refractivity contribution in [2.45, 2.75) is 45.1 Å². The van der Waals surface area contributed by atoms with Crippen molar-refractivity contribution in [3.05, 3.63) is 35.9 Å². The van der Waals surface area contributed by atoms with Gasteiger partial charge in [0, 0.05) is 38.0 Å². The second-order valence-corrected chi connectivity index (χ2v) is 9.03. The molecule has 4 rings (SSSR count). The number of benzene rings is 1. The molecule has 6 heteroatoms. The lowest BCUT2D eigenvalue weighted by atomic mass is 10.0. The van der Waals surface area contributed by atoms with Crippen LogP contribution in [-0.2, 0) is 14.4 Å². The number of piperidine rings is 1. The summed E-state index contributed by atoms with van der Waals surface area (Å²) in [6.07, 6.45) is 1.56. The SMILES string of the molecule is CC1(C)[C@H](C(=O)N2CCC(N3CC(C(=O)O)CC3=O)CC2)[C@H]1c1ccccc1. The second-order valence-electron chi connectivity index (χ2n) is 9.03. The van der Waals surface area contributed by atoms with Gasteiger partial charge in [-0.3, -0.25) is 14.4 Å². The summed E-state index contributed by atoms with van der Waals surface area (Å²) < 4.78 is 0. The maximum atomic E-state index is 13.2. The highest BCUT2D eigenvalue weighted by Crippen LogP contribution is 2.65. The molecule has 0 bridgehead atoms. The highest BCUT2D eigenvalue weighted by Gasteiger charge is 2.63. The molecule has 150 valence electrons. The van der Waals surface area contributed by atoms with Crippen LogP contribution < -0.4 is 0 Å². The van der Waals surface area contributed by atoms with Gasteiger partial charge < -0.3 is 14.9 Å². The molecular weight excluding hydrogens is 356 g/mol. The molecule has 1 aliphatic carbocycles. The summed E-state index contributed by atoms with van der Waals surface area (Å²) in [6, 6.07) is 10.3. The van der Waals surface area contributed by atoms with E-state index in [9.17, 15) is 14.4 Å². The van der Waals surface area contributed by atoms with E-state index < -0.39 is 11.9 Å². The van der Waals surface area contributed by atoms with Crippen molar-refractivity contribution >= 4 is 17.8 Å². The maximum absolute atomic E-state index is 13.2. The molecule has 1 unspecified atom stereocenters. The summed E-state index contributed by atoms with van der Waals surface area (Å²) in [5, 5.41) is 9.17. The summed E-state index contributed by atoms with van der Waals surface area (Å²) in [4.78, 5) is 40.2. The monoisotopic (exact) mass is 384 g/mol. The zero-order valence-corrected chi connectivity index (χ0v) is 16.5. The van der Waals surface area contributed by atoms with Gasteiger partial charge in [0.1, 0.15) is 0 Å². The van der Waals surface area contributed by atoms with Gasteiger partial charge in [0.25, 0.3) is 0 Å². The van der Waals surface area contributed by atoms with Gasteiger partial charge in [-0.2, -0.15) is 0 Å². The lowest BCUT2D eigenvalue weighted by molar-refractivity contribution is -0.141. The van der Waals surface area contributed by atoms with Gasteiger partial charge in [-0.25, -0.2) is 0 Å². The molecule has 0 aromatic heterocycles. The minimum absolute atomic E-state index is 0.0104. The number of carboxylic acids is 1. The van der Waals surface area contributed by atoms with Crippen molar-refractivity contribution in [3.8, 4) is 0 Å². The van der Waals surface area contributed by atoms with E-state index in [0.29, 0.717) is 19.6 Å². The lowest BCUT2D eigenvalue weighted by Crippen LogP contribution is -2.48. The normalized spacial score (nSPS) is 29.8. The summed E-state index contributed by atoms with van der Waals surface area (Å²) in [5.41, 5.74) is 1.19. The molecule has 0 spiro atoms. The van der Waals surface area contributed by atoms with Crippen molar-refractivity contribution in [2.24, 2.45) is 17.3 Å². The van der Waals surface area contributed by atoms with E-state index in [4.69, 9.17) is 5.11 Å². The van der Waals surface area contributed by atoms with Crippen molar-refractivity contribution in [2.75, 3.05) is 19.6 Å². The van der Waals surface area contributed by atoms with Gasteiger partial charge in [-0.15, -0.1) is 0 Å². The molecule has 2 aliphatic heterocycles. The third-order valence-electron chi connectivity index (χ3n) is 6.98.